The summed E-state index contributed by atoms with van der Waals surface area (Å²) in [6, 6.07) is 25.0. The van der Waals surface area contributed by atoms with Crippen LogP contribution in [0.25, 0.3) is 0 Å². The fourth-order valence-corrected chi connectivity index (χ4v) is 2.43. The van der Waals surface area contributed by atoms with Gasteiger partial charge in [0.15, 0.2) is 0 Å². The second kappa shape index (κ2) is 6.11. The third-order valence-electron chi connectivity index (χ3n) is 3.43. The van der Waals surface area contributed by atoms with Crippen molar-refractivity contribution in [2.24, 2.45) is 0 Å². The standard InChI is InChI=1S/C18H16N2/c1-3-8-15(9-4-1)14-17(16-10-5-2-6-11-16)18-12-7-13-19-20-18/h1-13,17H,14H2. The minimum atomic E-state index is 0.243. The zero-order valence-electron chi connectivity index (χ0n) is 11.2. The Labute approximate surface area is 119 Å². The summed E-state index contributed by atoms with van der Waals surface area (Å²) < 4.78 is 0. The normalized spacial score (nSPS) is 12.0. The van der Waals surface area contributed by atoms with Crippen LogP contribution >= 0.6 is 0 Å². The first-order valence-corrected chi connectivity index (χ1v) is 6.80. The van der Waals surface area contributed by atoms with Crippen molar-refractivity contribution in [3.05, 3.63) is 95.8 Å². The van der Waals surface area contributed by atoms with Crippen LogP contribution in [0.2, 0.25) is 0 Å². The highest BCUT2D eigenvalue weighted by Crippen LogP contribution is 2.26. The number of nitrogens with zero attached hydrogens (tertiary/aromatic N) is 2. The van der Waals surface area contributed by atoms with E-state index in [0.29, 0.717) is 0 Å². The molecule has 1 heterocycles. The SMILES string of the molecule is c1ccc(CC(c2ccccc2)c2cccnn2)cc1. The topological polar surface area (TPSA) is 25.8 Å². The van der Waals surface area contributed by atoms with Crippen LogP contribution in [-0.2, 0) is 6.42 Å². The van der Waals surface area contributed by atoms with Gasteiger partial charge in [0.05, 0.1) is 5.69 Å². The first-order valence-electron chi connectivity index (χ1n) is 6.80. The van der Waals surface area contributed by atoms with Gasteiger partial charge in [0.25, 0.3) is 0 Å². The van der Waals surface area contributed by atoms with Crippen LogP contribution in [-0.4, -0.2) is 10.2 Å². The van der Waals surface area contributed by atoms with E-state index in [2.05, 4.69) is 58.7 Å². The number of hydrogen-bond donors (Lipinski definition) is 0. The Morgan fingerprint density at radius 2 is 1.45 bits per heavy atom. The van der Waals surface area contributed by atoms with E-state index in [9.17, 15) is 0 Å². The molecule has 0 spiro atoms. The summed E-state index contributed by atoms with van der Waals surface area (Å²) in [7, 11) is 0. The van der Waals surface area contributed by atoms with E-state index >= 15 is 0 Å². The fraction of sp³-hybridized carbons (Fsp3) is 0.111. The maximum Gasteiger partial charge on any atom is 0.0709 e. The van der Waals surface area contributed by atoms with E-state index in [0.717, 1.165) is 12.1 Å². The summed E-state index contributed by atoms with van der Waals surface area (Å²) in [4.78, 5) is 0. The predicted octanol–water partition coefficient (Wildman–Crippen LogP) is 3.85. The second-order valence-electron chi connectivity index (χ2n) is 4.80. The molecule has 0 saturated heterocycles. The van der Waals surface area contributed by atoms with Crippen molar-refractivity contribution >= 4 is 0 Å². The van der Waals surface area contributed by atoms with Gasteiger partial charge in [0, 0.05) is 12.1 Å². The number of benzene rings is 2. The Morgan fingerprint density at radius 3 is 2.10 bits per heavy atom. The van der Waals surface area contributed by atoms with E-state index in [1.807, 2.05) is 24.3 Å². The van der Waals surface area contributed by atoms with E-state index in [1.165, 1.54) is 11.1 Å². The van der Waals surface area contributed by atoms with E-state index in [-0.39, 0.29) is 5.92 Å². The lowest BCUT2D eigenvalue weighted by molar-refractivity contribution is 0.748. The predicted molar refractivity (Wildman–Crippen MR) is 80.5 cm³/mol. The summed E-state index contributed by atoms with van der Waals surface area (Å²) >= 11 is 0. The molecule has 0 amide bonds. The van der Waals surface area contributed by atoms with Crippen LogP contribution in [0.1, 0.15) is 22.7 Å². The molecule has 0 aliphatic rings. The minimum Gasteiger partial charge on any atom is -0.159 e. The van der Waals surface area contributed by atoms with Crippen molar-refractivity contribution in [2.45, 2.75) is 12.3 Å². The van der Waals surface area contributed by atoms with Crippen molar-refractivity contribution in [3.8, 4) is 0 Å². The van der Waals surface area contributed by atoms with Crippen LogP contribution in [0, 0.1) is 0 Å². The smallest absolute Gasteiger partial charge is 0.0709 e. The Hall–Kier alpha value is -2.48. The van der Waals surface area contributed by atoms with Gasteiger partial charge in [-0.3, -0.25) is 0 Å². The van der Waals surface area contributed by atoms with Crippen LogP contribution < -0.4 is 0 Å². The lowest BCUT2D eigenvalue weighted by atomic mass is 9.89. The summed E-state index contributed by atoms with van der Waals surface area (Å²) in [5, 5.41) is 8.32. The minimum absolute atomic E-state index is 0.243. The quantitative estimate of drug-likeness (QED) is 0.712. The van der Waals surface area contributed by atoms with Crippen molar-refractivity contribution in [3.63, 3.8) is 0 Å². The third-order valence-corrected chi connectivity index (χ3v) is 3.43. The van der Waals surface area contributed by atoms with E-state index in [1.54, 1.807) is 6.20 Å². The molecule has 2 aromatic carbocycles. The van der Waals surface area contributed by atoms with Gasteiger partial charge in [-0.05, 0) is 29.7 Å². The monoisotopic (exact) mass is 260 g/mol. The number of rotatable bonds is 4. The molecule has 2 heteroatoms. The molecule has 0 bridgehead atoms. The van der Waals surface area contributed by atoms with Crippen LogP contribution in [0.3, 0.4) is 0 Å². The largest absolute Gasteiger partial charge is 0.159 e. The molecule has 2 nitrogen and oxygen atoms in total. The van der Waals surface area contributed by atoms with Gasteiger partial charge in [-0.15, -0.1) is 0 Å². The maximum absolute atomic E-state index is 4.30. The van der Waals surface area contributed by atoms with Gasteiger partial charge < -0.3 is 0 Å². The number of aromatic nitrogens is 2. The Bertz CT molecular complexity index is 597. The Kier molecular flexibility index (Phi) is 3.83. The van der Waals surface area contributed by atoms with Crippen LogP contribution in [0.4, 0.5) is 0 Å². The highest BCUT2D eigenvalue weighted by atomic mass is 15.1. The third kappa shape index (κ3) is 2.91. The highest BCUT2D eigenvalue weighted by molar-refractivity contribution is 5.31. The van der Waals surface area contributed by atoms with Gasteiger partial charge in [-0.2, -0.15) is 10.2 Å². The van der Waals surface area contributed by atoms with Gasteiger partial charge in [0.1, 0.15) is 0 Å². The van der Waals surface area contributed by atoms with Crippen LogP contribution in [0.5, 0.6) is 0 Å². The molecule has 0 saturated carbocycles. The molecular weight excluding hydrogens is 244 g/mol. The summed E-state index contributed by atoms with van der Waals surface area (Å²) in [5.41, 5.74) is 3.60. The van der Waals surface area contributed by atoms with E-state index < -0.39 is 0 Å². The Balaban J connectivity index is 1.96. The molecule has 20 heavy (non-hydrogen) atoms. The molecule has 1 unspecified atom stereocenters. The zero-order chi connectivity index (χ0) is 13.6. The molecule has 0 N–H and O–H groups in total. The molecular formula is C18H16N2. The van der Waals surface area contributed by atoms with Crippen LogP contribution in [0.15, 0.2) is 79.0 Å². The first kappa shape index (κ1) is 12.5. The molecule has 1 atom stereocenters. The maximum atomic E-state index is 4.30. The molecule has 98 valence electrons. The van der Waals surface area contributed by atoms with Gasteiger partial charge in [-0.25, -0.2) is 0 Å². The number of hydrogen-bond acceptors (Lipinski definition) is 2. The molecule has 0 aliphatic heterocycles. The van der Waals surface area contributed by atoms with Crippen molar-refractivity contribution in [1.29, 1.82) is 0 Å². The summed E-state index contributed by atoms with van der Waals surface area (Å²) in [6.07, 6.45) is 2.65. The zero-order valence-corrected chi connectivity index (χ0v) is 11.2. The molecule has 1 aromatic heterocycles. The molecule has 3 aromatic rings. The fourth-order valence-electron chi connectivity index (χ4n) is 2.43. The summed E-state index contributed by atoms with van der Waals surface area (Å²) in [5.74, 6) is 0.243. The first-order chi connectivity index (χ1) is 9.93. The molecule has 0 radical (unpaired) electrons. The van der Waals surface area contributed by atoms with E-state index in [4.69, 9.17) is 0 Å². The van der Waals surface area contributed by atoms with Crippen molar-refractivity contribution in [1.82, 2.24) is 10.2 Å². The van der Waals surface area contributed by atoms with Gasteiger partial charge >= 0.3 is 0 Å². The molecule has 0 fully saturated rings. The van der Waals surface area contributed by atoms with Crippen molar-refractivity contribution < 1.29 is 0 Å². The second-order valence-corrected chi connectivity index (χ2v) is 4.80. The lowest BCUT2D eigenvalue weighted by Gasteiger charge is -2.16. The molecule has 3 rings (SSSR count). The Morgan fingerprint density at radius 1 is 0.750 bits per heavy atom. The molecule has 0 aliphatic carbocycles. The van der Waals surface area contributed by atoms with Gasteiger partial charge in [0.2, 0.25) is 0 Å². The van der Waals surface area contributed by atoms with Crippen molar-refractivity contribution in [2.75, 3.05) is 0 Å². The van der Waals surface area contributed by atoms with Gasteiger partial charge in [-0.1, -0.05) is 60.7 Å². The average molecular weight is 260 g/mol. The summed E-state index contributed by atoms with van der Waals surface area (Å²) in [6.45, 7) is 0. The highest BCUT2D eigenvalue weighted by Gasteiger charge is 2.16. The average Bonchev–Trinajstić information content (AvgIpc) is 2.55. The lowest BCUT2D eigenvalue weighted by Crippen LogP contribution is -2.07.